The molecule has 2 N–H and O–H groups in total. The summed E-state index contributed by atoms with van der Waals surface area (Å²) in [7, 11) is -2.15. The Kier molecular flexibility index (Phi) is 7.32. The van der Waals surface area contributed by atoms with E-state index in [4.69, 9.17) is 4.98 Å². The van der Waals surface area contributed by atoms with Gasteiger partial charge in [0.25, 0.3) is 15.9 Å². The number of fused-ring (bicyclic) bond motifs is 3. The first kappa shape index (κ1) is 28.4. The van der Waals surface area contributed by atoms with E-state index in [2.05, 4.69) is 20.3 Å². The molecule has 0 atom stereocenters. The van der Waals surface area contributed by atoms with Crippen LogP contribution in [-0.4, -0.2) is 41.3 Å². The number of aromatic amines is 1. The average molecular weight is 631 g/mol. The summed E-state index contributed by atoms with van der Waals surface area (Å²) in [4.78, 5) is 29.5. The number of carbonyl (C=O) groups is 1. The molecule has 5 aromatic heterocycles. The number of pyridine rings is 3. The maximum atomic E-state index is 13.3. The number of thiophene rings is 1. The number of hydrogen-bond donors (Lipinski definition) is 2. The Balaban J connectivity index is 1.31. The minimum Gasteiger partial charge on any atom is -0.346 e. The summed E-state index contributed by atoms with van der Waals surface area (Å²) >= 11 is 1.18. The lowest BCUT2D eigenvalue weighted by molar-refractivity contribution is 0.0950. The first-order valence-electron chi connectivity index (χ1n) is 14.1. The highest BCUT2D eigenvalue weighted by Crippen LogP contribution is 2.41. The largest absolute Gasteiger partial charge is 0.346 e. The predicted molar refractivity (Wildman–Crippen MR) is 178 cm³/mol. The van der Waals surface area contributed by atoms with E-state index in [9.17, 15) is 13.2 Å². The van der Waals surface area contributed by atoms with E-state index in [-0.39, 0.29) is 10.1 Å². The second-order valence-electron chi connectivity index (χ2n) is 10.3. The Morgan fingerprint density at radius 3 is 2.47 bits per heavy atom. The number of benzene rings is 2. The molecule has 0 spiro atoms. The zero-order valence-electron chi connectivity index (χ0n) is 24.0. The molecule has 0 bridgehead atoms. The third kappa shape index (κ3) is 5.32. The molecule has 7 rings (SSSR count). The van der Waals surface area contributed by atoms with Crippen molar-refractivity contribution in [3.05, 3.63) is 126 Å². The highest BCUT2D eigenvalue weighted by Gasteiger charge is 2.24. The van der Waals surface area contributed by atoms with Crippen LogP contribution in [-0.2, 0) is 16.6 Å². The van der Waals surface area contributed by atoms with Crippen molar-refractivity contribution in [3.8, 4) is 22.3 Å². The number of amides is 1. The van der Waals surface area contributed by atoms with Crippen molar-refractivity contribution < 1.29 is 13.2 Å². The number of hydrogen-bond acceptors (Lipinski definition) is 7. The van der Waals surface area contributed by atoms with E-state index in [1.54, 1.807) is 61.4 Å². The summed E-state index contributed by atoms with van der Waals surface area (Å²) in [6.45, 7) is 0.334. The third-order valence-corrected chi connectivity index (χ3v) is 10.8. The minimum atomic E-state index is -3.72. The lowest BCUT2D eigenvalue weighted by atomic mass is 9.93. The van der Waals surface area contributed by atoms with E-state index >= 15 is 0 Å². The van der Waals surface area contributed by atoms with Crippen LogP contribution >= 0.6 is 11.3 Å². The predicted octanol–water partition coefficient (Wildman–Crippen LogP) is 6.66. The maximum Gasteiger partial charge on any atom is 0.273 e. The normalized spacial score (nSPS) is 11.6. The van der Waals surface area contributed by atoms with Crippen molar-refractivity contribution in [2.45, 2.75) is 10.8 Å². The minimum absolute atomic E-state index is 0.194. The highest BCUT2D eigenvalue weighted by molar-refractivity contribution is 7.94. The molecule has 2 aromatic carbocycles. The number of sulfonamides is 1. The number of nitrogens with one attached hydrogen (secondary N) is 2. The number of H-pyrrole nitrogens is 1. The van der Waals surface area contributed by atoms with Crippen molar-refractivity contribution in [2.24, 2.45) is 0 Å². The topological polar surface area (TPSA) is 121 Å². The molecule has 5 heterocycles. The summed E-state index contributed by atoms with van der Waals surface area (Å²) in [5.41, 5.74) is 6.92. The van der Waals surface area contributed by atoms with Gasteiger partial charge >= 0.3 is 0 Å². The van der Waals surface area contributed by atoms with Crippen LogP contribution in [0.15, 0.2) is 119 Å². The van der Waals surface area contributed by atoms with Gasteiger partial charge < -0.3 is 10.3 Å². The summed E-state index contributed by atoms with van der Waals surface area (Å²) in [6.07, 6.45) is 6.99. The molecule has 0 radical (unpaired) electrons. The number of rotatable bonds is 8. The van der Waals surface area contributed by atoms with Gasteiger partial charge in [-0.2, -0.15) is 0 Å². The van der Waals surface area contributed by atoms with Crippen LogP contribution in [0.5, 0.6) is 0 Å². The van der Waals surface area contributed by atoms with Gasteiger partial charge in [0.15, 0.2) is 0 Å². The average Bonchev–Trinajstić information content (AvgIpc) is 3.76. The highest BCUT2D eigenvalue weighted by atomic mass is 32.2. The van der Waals surface area contributed by atoms with Gasteiger partial charge in [-0.25, -0.2) is 13.4 Å². The first-order valence-corrected chi connectivity index (χ1v) is 16.4. The van der Waals surface area contributed by atoms with Gasteiger partial charge in [-0.15, -0.1) is 11.3 Å². The van der Waals surface area contributed by atoms with E-state index < -0.39 is 10.0 Å². The number of nitrogens with zero attached hydrogens (tertiary/aromatic N) is 4. The van der Waals surface area contributed by atoms with E-state index in [0.29, 0.717) is 23.4 Å². The Morgan fingerprint density at radius 1 is 0.911 bits per heavy atom. The van der Waals surface area contributed by atoms with E-state index in [0.717, 1.165) is 44.2 Å². The van der Waals surface area contributed by atoms with Gasteiger partial charge in [-0.1, -0.05) is 24.3 Å². The van der Waals surface area contributed by atoms with Crippen molar-refractivity contribution in [1.82, 2.24) is 25.3 Å². The Morgan fingerprint density at radius 2 is 1.73 bits per heavy atom. The number of carbonyl (C=O) groups excluding carboxylic acids is 1. The van der Waals surface area contributed by atoms with E-state index in [1.807, 2.05) is 60.8 Å². The van der Waals surface area contributed by atoms with Crippen LogP contribution in [0.2, 0.25) is 0 Å². The second kappa shape index (κ2) is 11.6. The summed E-state index contributed by atoms with van der Waals surface area (Å²) in [6, 6.07) is 25.7. The van der Waals surface area contributed by atoms with Crippen LogP contribution in [0, 0.1) is 0 Å². The molecular weight excluding hydrogens is 605 g/mol. The summed E-state index contributed by atoms with van der Waals surface area (Å²) < 4.78 is 28.2. The Labute approximate surface area is 263 Å². The van der Waals surface area contributed by atoms with Crippen LogP contribution in [0.25, 0.3) is 44.2 Å². The van der Waals surface area contributed by atoms with Gasteiger partial charge in [0.1, 0.15) is 9.86 Å². The van der Waals surface area contributed by atoms with Gasteiger partial charge in [0.2, 0.25) is 0 Å². The molecule has 7 aromatic rings. The van der Waals surface area contributed by atoms with Gasteiger partial charge in [0, 0.05) is 64.8 Å². The quantitative estimate of drug-likeness (QED) is 0.194. The molecule has 11 heteroatoms. The first-order chi connectivity index (χ1) is 21.9. The molecule has 0 aliphatic heterocycles. The molecule has 0 aliphatic rings. The van der Waals surface area contributed by atoms with Gasteiger partial charge in [-0.05, 0) is 77.2 Å². The zero-order chi connectivity index (χ0) is 31.0. The lowest BCUT2D eigenvalue weighted by Gasteiger charge is -2.18. The zero-order valence-corrected chi connectivity index (χ0v) is 25.6. The van der Waals surface area contributed by atoms with Crippen LogP contribution in [0.1, 0.15) is 16.1 Å². The molecule has 0 saturated carbocycles. The fourth-order valence-corrected chi connectivity index (χ4v) is 7.69. The molecule has 9 nitrogen and oxygen atoms in total. The van der Waals surface area contributed by atoms with Crippen molar-refractivity contribution in [3.63, 3.8) is 0 Å². The standard InChI is InChI=1S/C34H26N6O3S2/c1-40(45(42,43)30-6-4-18-44-30)26-11-12-29-27(19-26)32-31(23-13-16-35-17-14-23)28(21-37-33(32)39-29)22-7-9-24(10-8-22)34(41)38-20-25-5-2-3-15-36-25/h2-19,21H,20H2,1H3,(H,37,39)(H,38,41). The molecule has 45 heavy (non-hydrogen) atoms. The molecule has 222 valence electrons. The van der Waals surface area contributed by atoms with Crippen molar-refractivity contribution in [1.29, 1.82) is 0 Å². The second-order valence-corrected chi connectivity index (χ2v) is 13.5. The molecule has 0 fully saturated rings. The monoisotopic (exact) mass is 630 g/mol. The van der Waals surface area contributed by atoms with Gasteiger partial charge in [-0.3, -0.25) is 19.1 Å². The molecule has 0 saturated heterocycles. The van der Waals surface area contributed by atoms with Crippen LogP contribution < -0.4 is 9.62 Å². The third-order valence-electron chi connectivity index (χ3n) is 7.66. The fraction of sp³-hybridized carbons (Fsp3) is 0.0588. The van der Waals surface area contributed by atoms with Crippen LogP contribution in [0.4, 0.5) is 5.69 Å². The number of anilines is 1. The van der Waals surface area contributed by atoms with Crippen molar-refractivity contribution >= 4 is 54.9 Å². The smallest absolute Gasteiger partial charge is 0.273 e. The molecule has 0 unspecified atom stereocenters. The maximum absolute atomic E-state index is 13.3. The Hall–Kier alpha value is -5.39. The van der Waals surface area contributed by atoms with Crippen molar-refractivity contribution in [2.75, 3.05) is 11.4 Å². The molecule has 1 amide bonds. The fourth-order valence-electron chi connectivity index (χ4n) is 5.34. The van der Waals surface area contributed by atoms with E-state index in [1.165, 1.54) is 15.6 Å². The summed E-state index contributed by atoms with van der Waals surface area (Å²) in [5.74, 6) is -0.194. The van der Waals surface area contributed by atoms with Gasteiger partial charge in [0.05, 0.1) is 17.9 Å². The molecule has 0 aliphatic carbocycles. The lowest BCUT2D eigenvalue weighted by Crippen LogP contribution is -2.25. The summed E-state index contributed by atoms with van der Waals surface area (Å²) in [5, 5.41) is 6.36. The Bertz CT molecular complexity index is 2250. The number of aromatic nitrogens is 4. The SMILES string of the molecule is CN(c1ccc2[nH]c3ncc(-c4ccc(C(=O)NCc5ccccn5)cc4)c(-c4ccncc4)c3c2c1)S(=O)(=O)c1cccs1. The van der Waals surface area contributed by atoms with Crippen LogP contribution in [0.3, 0.4) is 0 Å². The molecular formula is C34H26N6O3S2.